The summed E-state index contributed by atoms with van der Waals surface area (Å²) in [4.78, 5) is 14.4. The lowest BCUT2D eigenvalue weighted by Gasteiger charge is -2.04. The highest BCUT2D eigenvalue weighted by Gasteiger charge is 2.05. The summed E-state index contributed by atoms with van der Waals surface area (Å²) in [5.41, 5.74) is 0.849. The summed E-state index contributed by atoms with van der Waals surface area (Å²) in [5.74, 6) is 0.0672. The van der Waals surface area contributed by atoms with Gasteiger partial charge in [-0.3, -0.25) is 9.78 Å². The number of nitrogens with one attached hydrogen (secondary N) is 2. The van der Waals surface area contributed by atoms with Crippen LogP contribution in [0, 0.1) is 5.82 Å². The molecule has 5 nitrogen and oxygen atoms in total. The summed E-state index contributed by atoms with van der Waals surface area (Å²) in [6.07, 6.45) is 1.26. The molecule has 6 heteroatoms. The van der Waals surface area contributed by atoms with Crippen LogP contribution in [0.3, 0.4) is 0 Å². The molecule has 0 aliphatic heterocycles. The second-order valence-corrected chi connectivity index (χ2v) is 4.18. The van der Waals surface area contributed by atoms with Crippen LogP contribution in [0.4, 0.5) is 10.3 Å². The standard InChI is InChI=1S/C13H15FN4O/c1-2-7-15-13-16-12(19)11(17-18-13)8-9-3-5-10(14)6-4-9/h3-6H,2,7-8H2,1H3,(H2,15,16,18,19). The highest BCUT2D eigenvalue weighted by molar-refractivity contribution is 5.24. The van der Waals surface area contributed by atoms with Crippen LogP contribution < -0.4 is 10.9 Å². The number of halogens is 1. The zero-order valence-electron chi connectivity index (χ0n) is 10.6. The molecule has 1 aromatic carbocycles. The van der Waals surface area contributed by atoms with Crippen LogP contribution in [-0.4, -0.2) is 21.7 Å². The minimum absolute atomic E-state index is 0.280. The van der Waals surface area contributed by atoms with Crippen molar-refractivity contribution >= 4 is 5.95 Å². The molecule has 0 radical (unpaired) electrons. The van der Waals surface area contributed by atoms with E-state index in [9.17, 15) is 9.18 Å². The van der Waals surface area contributed by atoms with Gasteiger partial charge in [-0.1, -0.05) is 19.1 Å². The van der Waals surface area contributed by atoms with Gasteiger partial charge in [-0.2, -0.15) is 0 Å². The van der Waals surface area contributed by atoms with Crippen LogP contribution >= 0.6 is 0 Å². The van der Waals surface area contributed by atoms with E-state index in [1.165, 1.54) is 12.1 Å². The smallest absolute Gasteiger partial charge is 0.274 e. The number of nitrogens with zero attached hydrogens (tertiary/aromatic N) is 2. The van der Waals surface area contributed by atoms with Crippen molar-refractivity contribution in [1.29, 1.82) is 0 Å². The minimum atomic E-state index is -0.303. The molecule has 2 aromatic rings. The summed E-state index contributed by atoms with van der Waals surface area (Å²) < 4.78 is 12.8. The molecule has 0 aliphatic rings. The second kappa shape index (κ2) is 6.08. The van der Waals surface area contributed by atoms with Crippen LogP contribution in [0.2, 0.25) is 0 Å². The van der Waals surface area contributed by atoms with Gasteiger partial charge in [0.2, 0.25) is 5.95 Å². The van der Waals surface area contributed by atoms with E-state index in [1.807, 2.05) is 6.92 Å². The van der Waals surface area contributed by atoms with Gasteiger partial charge in [0.1, 0.15) is 11.5 Å². The molecule has 0 spiro atoms. The lowest BCUT2D eigenvalue weighted by atomic mass is 10.1. The largest absolute Gasteiger partial charge is 0.354 e. The summed E-state index contributed by atoms with van der Waals surface area (Å²) in [6, 6.07) is 5.96. The molecule has 0 aliphatic carbocycles. The molecule has 0 atom stereocenters. The predicted molar refractivity (Wildman–Crippen MR) is 70.6 cm³/mol. The third kappa shape index (κ3) is 3.61. The van der Waals surface area contributed by atoms with Crippen molar-refractivity contribution in [2.24, 2.45) is 0 Å². The molecule has 0 saturated heterocycles. The Kier molecular flexibility index (Phi) is 4.22. The quantitative estimate of drug-likeness (QED) is 0.860. The lowest BCUT2D eigenvalue weighted by Crippen LogP contribution is -2.20. The normalized spacial score (nSPS) is 10.4. The summed E-state index contributed by atoms with van der Waals surface area (Å²) in [7, 11) is 0. The van der Waals surface area contributed by atoms with E-state index in [1.54, 1.807) is 12.1 Å². The number of hydrogen-bond donors (Lipinski definition) is 2. The van der Waals surface area contributed by atoms with Crippen LogP contribution in [0.15, 0.2) is 29.1 Å². The SMILES string of the molecule is CCCNc1nnc(Cc2ccc(F)cc2)c(=O)[nH]1. The van der Waals surface area contributed by atoms with Crippen LogP contribution in [0.25, 0.3) is 0 Å². The monoisotopic (exact) mass is 262 g/mol. The maximum Gasteiger partial charge on any atom is 0.274 e. The molecule has 1 heterocycles. The predicted octanol–water partition coefficient (Wildman–Crippen LogP) is 1.72. The Morgan fingerprint density at radius 2 is 2.00 bits per heavy atom. The summed E-state index contributed by atoms with van der Waals surface area (Å²) >= 11 is 0. The first kappa shape index (κ1) is 13.2. The van der Waals surface area contributed by atoms with Gasteiger partial charge in [-0.15, -0.1) is 10.2 Å². The van der Waals surface area contributed by atoms with Gasteiger partial charge in [-0.05, 0) is 24.1 Å². The average molecular weight is 262 g/mol. The lowest BCUT2D eigenvalue weighted by molar-refractivity contribution is 0.627. The average Bonchev–Trinajstić information content (AvgIpc) is 2.41. The van der Waals surface area contributed by atoms with Crippen molar-refractivity contribution in [3.63, 3.8) is 0 Å². The van der Waals surface area contributed by atoms with Gasteiger partial charge in [0.25, 0.3) is 5.56 Å². The first-order valence-electron chi connectivity index (χ1n) is 6.13. The van der Waals surface area contributed by atoms with Crippen LogP contribution in [0.5, 0.6) is 0 Å². The minimum Gasteiger partial charge on any atom is -0.354 e. The third-order valence-electron chi connectivity index (χ3n) is 2.59. The van der Waals surface area contributed by atoms with Crippen molar-refractivity contribution < 1.29 is 4.39 Å². The second-order valence-electron chi connectivity index (χ2n) is 4.18. The van der Waals surface area contributed by atoms with E-state index in [2.05, 4.69) is 20.5 Å². The molecule has 0 amide bonds. The Balaban J connectivity index is 2.13. The molecule has 0 bridgehead atoms. The fourth-order valence-electron chi connectivity index (χ4n) is 1.59. The molecule has 19 heavy (non-hydrogen) atoms. The van der Waals surface area contributed by atoms with Crippen molar-refractivity contribution in [3.05, 3.63) is 51.7 Å². The number of rotatable bonds is 5. The number of aromatic amines is 1. The maximum absolute atomic E-state index is 12.8. The highest BCUT2D eigenvalue weighted by atomic mass is 19.1. The van der Waals surface area contributed by atoms with E-state index in [4.69, 9.17) is 0 Å². The van der Waals surface area contributed by atoms with Gasteiger partial charge >= 0.3 is 0 Å². The van der Waals surface area contributed by atoms with Gasteiger partial charge < -0.3 is 5.32 Å². The molecule has 1 aromatic heterocycles. The number of H-pyrrole nitrogens is 1. The van der Waals surface area contributed by atoms with Crippen molar-refractivity contribution in [2.45, 2.75) is 19.8 Å². The van der Waals surface area contributed by atoms with Gasteiger partial charge in [0.15, 0.2) is 0 Å². The Morgan fingerprint density at radius 3 is 2.63 bits per heavy atom. The first-order chi connectivity index (χ1) is 9.19. The zero-order valence-corrected chi connectivity index (χ0v) is 10.6. The van der Waals surface area contributed by atoms with E-state index in [-0.39, 0.29) is 11.4 Å². The third-order valence-corrected chi connectivity index (χ3v) is 2.59. The van der Waals surface area contributed by atoms with E-state index in [0.717, 1.165) is 18.5 Å². The van der Waals surface area contributed by atoms with E-state index in [0.29, 0.717) is 18.1 Å². The molecule has 0 unspecified atom stereocenters. The number of hydrogen-bond acceptors (Lipinski definition) is 4. The van der Waals surface area contributed by atoms with Crippen molar-refractivity contribution in [3.8, 4) is 0 Å². The van der Waals surface area contributed by atoms with Crippen molar-refractivity contribution in [2.75, 3.05) is 11.9 Å². The van der Waals surface area contributed by atoms with Gasteiger partial charge in [0.05, 0.1) is 0 Å². The summed E-state index contributed by atoms with van der Waals surface area (Å²) in [6.45, 7) is 2.74. The molecule has 2 N–H and O–H groups in total. The molecule has 0 fully saturated rings. The molecular formula is C13H15FN4O. The molecular weight excluding hydrogens is 247 g/mol. The van der Waals surface area contributed by atoms with E-state index >= 15 is 0 Å². The van der Waals surface area contributed by atoms with E-state index < -0.39 is 0 Å². The Bertz CT molecular complexity index is 594. The maximum atomic E-state index is 12.8. The molecule has 2 rings (SSSR count). The Hall–Kier alpha value is -2.24. The Morgan fingerprint density at radius 1 is 1.26 bits per heavy atom. The first-order valence-corrected chi connectivity index (χ1v) is 6.13. The van der Waals surface area contributed by atoms with Gasteiger partial charge in [0, 0.05) is 13.0 Å². The van der Waals surface area contributed by atoms with Crippen molar-refractivity contribution in [1.82, 2.24) is 15.2 Å². The fraction of sp³-hybridized carbons (Fsp3) is 0.308. The number of anilines is 1. The zero-order chi connectivity index (χ0) is 13.7. The van der Waals surface area contributed by atoms with Gasteiger partial charge in [-0.25, -0.2) is 4.39 Å². The number of aromatic nitrogens is 3. The van der Waals surface area contributed by atoms with Crippen LogP contribution in [0.1, 0.15) is 24.6 Å². The Labute approximate surface area is 109 Å². The fourth-order valence-corrected chi connectivity index (χ4v) is 1.59. The highest BCUT2D eigenvalue weighted by Crippen LogP contribution is 2.06. The van der Waals surface area contributed by atoms with Crippen LogP contribution in [-0.2, 0) is 6.42 Å². The number of benzene rings is 1. The molecule has 0 saturated carbocycles. The topological polar surface area (TPSA) is 70.7 Å². The summed E-state index contributed by atoms with van der Waals surface area (Å²) in [5, 5.41) is 10.8. The molecule has 100 valence electrons.